The van der Waals surface area contributed by atoms with E-state index in [1.54, 1.807) is 12.1 Å². The molecular weight excluding hydrogens is 252 g/mol. The number of nitrogens with two attached hydrogens (primary N) is 1. The number of amides is 1. The second-order valence-corrected chi connectivity index (χ2v) is 4.96. The minimum absolute atomic E-state index is 0.180. The SMILES string of the molecule is NC(=O)c1ccc(NC2CCCc3ccccc32)nn1. The van der Waals surface area contributed by atoms with E-state index in [1.165, 1.54) is 11.1 Å². The first-order valence-corrected chi connectivity index (χ1v) is 6.72. The van der Waals surface area contributed by atoms with Gasteiger partial charge in [-0.1, -0.05) is 24.3 Å². The third-order valence-corrected chi connectivity index (χ3v) is 3.61. The van der Waals surface area contributed by atoms with E-state index in [2.05, 4.69) is 39.8 Å². The fourth-order valence-corrected chi connectivity index (χ4v) is 2.62. The number of benzene rings is 1. The van der Waals surface area contributed by atoms with E-state index in [4.69, 9.17) is 5.73 Å². The van der Waals surface area contributed by atoms with Gasteiger partial charge >= 0.3 is 0 Å². The molecule has 1 aliphatic carbocycles. The van der Waals surface area contributed by atoms with Gasteiger partial charge in [0, 0.05) is 0 Å². The molecule has 2 aromatic rings. The molecule has 1 amide bonds. The molecule has 0 radical (unpaired) electrons. The number of primary amides is 1. The van der Waals surface area contributed by atoms with E-state index >= 15 is 0 Å². The summed E-state index contributed by atoms with van der Waals surface area (Å²) in [6.45, 7) is 0. The van der Waals surface area contributed by atoms with E-state index in [9.17, 15) is 4.79 Å². The Labute approximate surface area is 117 Å². The number of aromatic nitrogens is 2. The van der Waals surface area contributed by atoms with Gasteiger partial charge in [-0.2, -0.15) is 0 Å². The molecule has 1 aliphatic rings. The summed E-state index contributed by atoms with van der Waals surface area (Å²) >= 11 is 0. The Bertz CT molecular complexity index is 624. The molecule has 1 heterocycles. The van der Waals surface area contributed by atoms with Crippen LogP contribution in [0.2, 0.25) is 0 Å². The van der Waals surface area contributed by atoms with Crippen molar-refractivity contribution in [2.75, 3.05) is 5.32 Å². The smallest absolute Gasteiger partial charge is 0.269 e. The monoisotopic (exact) mass is 268 g/mol. The zero-order valence-corrected chi connectivity index (χ0v) is 11.0. The minimum Gasteiger partial charge on any atom is -0.364 e. The summed E-state index contributed by atoms with van der Waals surface area (Å²) in [7, 11) is 0. The number of anilines is 1. The molecule has 5 nitrogen and oxygen atoms in total. The lowest BCUT2D eigenvalue weighted by molar-refractivity contribution is 0.0994. The van der Waals surface area contributed by atoms with E-state index in [0.29, 0.717) is 5.82 Å². The Morgan fingerprint density at radius 2 is 2.05 bits per heavy atom. The van der Waals surface area contributed by atoms with Gasteiger partial charge in [-0.15, -0.1) is 10.2 Å². The van der Waals surface area contributed by atoms with Crippen LogP contribution in [-0.4, -0.2) is 16.1 Å². The van der Waals surface area contributed by atoms with Gasteiger partial charge in [0.05, 0.1) is 6.04 Å². The van der Waals surface area contributed by atoms with Crippen molar-refractivity contribution in [2.24, 2.45) is 5.73 Å². The van der Waals surface area contributed by atoms with Crippen molar-refractivity contribution in [3.63, 3.8) is 0 Å². The topological polar surface area (TPSA) is 80.9 Å². The number of carbonyl (C=O) groups excluding carboxylic acids is 1. The molecule has 5 heteroatoms. The van der Waals surface area contributed by atoms with Crippen LogP contribution in [0.25, 0.3) is 0 Å². The van der Waals surface area contributed by atoms with E-state index in [1.807, 2.05) is 0 Å². The Kier molecular flexibility index (Phi) is 3.33. The van der Waals surface area contributed by atoms with Crippen LogP contribution in [0.4, 0.5) is 5.82 Å². The molecule has 1 atom stereocenters. The van der Waals surface area contributed by atoms with Crippen LogP contribution in [0, 0.1) is 0 Å². The molecular formula is C15H16N4O. The fourth-order valence-electron chi connectivity index (χ4n) is 2.62. The average Bonchev–Trinajstić information content (AvgIpc) is 2.48. The highest BCUT2D eigenvalue weighted by Gasteiger charge is 2.19. The molecule has 1 unspecified atom stereocenters. The third kappa shape index (κ3) is 2.47. The van der Waals surface area contributed by atoms with Crippen LogP contribution in [0.1, 0.15) is 40.5 Å². The molecule has 0 saturated heterocycles. The molecule has 3 rings (SSSR count). The van der Waals surface area contributed by atoms with Crippen LogP contribution >= 0.6 is 0 Å². The summed E-state index contributed by atoms with van der Waals surface area (Å²) in [5, 5.41) is 11.2. The Hall–Kier alpha value is -2.43. The molecule has 3 N–H and O–H groups in total. The zero-order valence-electron chi connectivity index (χ0n) is 11.0. The Balaban J connectivity index is 1.80. The van der Waals surface area contributed by atoms with Gasteiger partial charge in [-0.05, 0) is 42.5 Å². The van der Waals surface area contributed by atoms with Crippen molar-refractivity contribution in [1.82, 2.24) is 10.2 Å². The average molecular weight is 268 g/mol. The normalized spacial score (nSPS) is 17.3. The van der Waals surface area contributed by atoms with Gasteiger partial charge in [0.15, 0.2) is 5.69 Å². The summed E-state index contributed by atoms with van der Waals surface area (Å²) in [6, 6.07) is 12.0. The fraction of sp³-hybridized carbons (Fsp3) is 0.267. The first-order valence-electron chi connectivity index (χ1n) is 6.72. The molecule has 0 spiro atoms. The second-order valence-electron chi connectivity index (χ2n) is 4.96. The number of hydrogen-bond donors (Lipinski definition) is 2. The molecule has 102 valence electrons. The van der Waals surface area contributed by atoms with Crippen molar-refractivity contribution in [3.05, 3.63) is 53.2 Å². The van der Waals surface area contributed by atoms with Crippen LogP contribution in [0.15, 0.2) is 36.4 Å². The lowest BCUT2D eigenvalue weighted by atomic mass is 9.88. The first-order chi connectivity index (χ1) is 9.74. The standard InChI is InChI=1S/C15H16N4O/c16-15(20)13-8-9-14(19-18-13)17-12-7-3-5-10-4-1-2-6-11(10)12/h1-2,4,6,8-9,12H,3,5,7H2,(H2,16,20)(H,17,19). The summed E-state index contributed by atoms with van der Waals surface area (Å²) in [5.74, 6) is 0.101. The maximum Gasteiger partial charge on any atom is 0.269 e. The molecule has 0 bridgehead atoms. The third-order valence-electron chi connectivity index (χ3n) is 3.61. The van der Waals surface area contributed by atoms with Crippen LogP contribution < -0.4 is 11.1 Å². The number of rotatable bonds is 3. The maximum atomic E-state index is 11.0. The van der Waals surface area contributed by atoms with Crippen LogP contribution in [0.3, 0.4) is 0 Å². The minimum atomic E-state index is -0.563. The molecule has 0 aliphatic heterocycles. The Morgan fingerprint density at radius 3 is 2.80 bits per heavy atom. The molecule has 0 saturated carbocycles. The number of hydrogen-bond acceptors (Lipinski definition) is 4. The van der Waals surface area contributed by atoms with Crippen molar-refractivity contribution in [2.45, 2.75) is 25.3 Å². The largest absolute Gasteiger partial charge is 0.364 e. The maximum absolute atomic E-state index is 11.0. The molecule has 0 fully saturated rings. The number of aryl methyl sites for hydroxylation is 1. The van der Waals surface area contributed by atoms with E-state index < -0.39 is 5.91 Å². The number of fused-ring (bicyclic) bond motifs is 1. The highest BCUT2D eigenvalue weighted by Crippen LogP contribution is 2.31. The second kappa shape index (κ2) is 5.28. The Morgan fingerprint density at radius 1 is 1.20 bits per heavy atom. The number of nitrogens with zero attached hydrogens (tertiary/aromatic N) is 2. The highest BCUT2D eigenvalue weighted by atomic mass is 16.1. The van der Waals surface area contributed by atoms with Crippen molar-refractivity contribution < 1.29 is 4.79 Å². The zero-order chi connectivity index (χ0) is 13.9. The van der Waals surface area contributed by atoms with E-state index in [-0.39, 0.29) is 11.7 Å². The van der Waals surface area contributed by atoms with Gasteiger partial charge in [0.1, 0.15) is 5.82 Å². The highest BCUT2D eigenvalue weighted by molar-refractivity contribution is 5.90. The van der Waals surface area contributed by atoms with Gasteiger partial charge in [0.2, 0.25) is 0 Å². The van der Waals surface area contributed by atoms with Crippen molar-refractivity contribution in [1.29, 1.82) is 0 Å². The van der Waals surface area contributed by atoms with Crippen LogP contribution in [-0.2, 0) is 6.42 Å². The molecule has 1 aromatic heterocycles. The number of nitrogens with one attached hydrogen (secondary N) is 1. The van der Waals surface area contributed by atoms with Crippen molar-refractivity contribution >= 4 is 11.7 Å². The van der Waals surface area contributed by atoms with Gasteiger partial charge in [-0.3, -0.25) is 4.79 Å². The summed E-state index contributed by atoms with van der Waals surface area (Å²) in [6.07, 6.45) is 3.35. The van der Waals surface area contributed by atoms with Crippen molar-refractivity contribution in [3.8, 4) is 0 Å². The van der Waals surface area contributed by atoms with Gasteiger partial charge in [-0.25, -0.2) is 0 Å². The van der Waals surface area contributed by atoms with E-state index in [0.717, 1.165) is 19.3 Å². The first kappa shape index (κ1) is 12.6. The quantitative estimate of drug-likeness (QED) is 0.892. The lowest BCUT2D eigenvalue weighted by Gasteiger charge is -2.26. The summed E-state index contributed by atoms with van der Waals surface area (Å²) in [4.78, 5) is 11.0. The van der Waals surface area contributed by atoms with Gasteiger partial charge in [0.25, 0.3) is 5.91 Å². The predicted molar refractivity (Wildman–Crippen MR) is 76.3 cm³/mol. The molecule has 1 aromatic carbocycles. The lowest BCUT2D eigenvalue weighted by Crippen LogP contribution is -2.19. The molecule has 20 heavy (non-hydrogen) atoms. The summed E-state index contributed by atoms with van der Waals surface area (Å²) < 4.78 is 0. The predicted octanol–water partition coefficient (Wildman–Crippen LogP) is 2.06. The van der Waals surface area contributed by atoms with Gasteiger partial charge < -0.3 is 11.1 Å². The summed E-state index contributed by atoms with van der Waals surface area (Å²) in [5.41, 5.74) is 8.04. The van der Waals surface area contributed by atoms with Crippen LogP contribution in [0.5, 0.6) is 0 Å². The number of carbonyl (C=O) groups is 1.